The molecule has 0 aliphatic carbocycles. The Bertz CT molecular complexity index is 342. The van der Waals surface area contributed by atoms with Crippen molar-refractivity contribution in [2.75, 3.05) is 20.1 Å². The first-order valence-corrected chi connectivity index (χ1v) is 8.06. The van der Waals surface area contributed by atoms with Crippen molar-refractivity contribution in [2.45, 2.75) is 70.5 Å². The second kappa shape index (κ2) is 6.02. The average Bonchev–Trinajstić information content (AvgIpc) is 2.70. The standard InChI is InChI=1S/C16H29NO3/c1-4-6-15(7-5-2)12-16(20-13(15)14(18)19)8-10-17(3)11-9-16/h13H,4-12H2,1-3H3,(H,18,19). The van der Waals surface area contributed by atoms with Gasteiger partial charge in [-0.15, -0.1) is 0 Å². The van der Waals surface area contributed by atoms with Crippen LogP contribution >= 0.6 is 0 Å². The Morgan fingerprint density at radius 3 is 2.25 bits per heavy atom. The number of piperidine rings is 1. The molecule has 1 spiro atoms. The van der Waals surface area contributed by atoms with E-state index in [1.54, 1.807) is 0 Å². The van der Waals surface area contributed by atoms with Gasteiger partial charge in [0, 0.05) is 18.5 Å². The molecule has 116 valence electrons. The number of carboxylic acids is 1. The molecule has 0 radical (unpaired) electrons. The van der Waals surface area contributed by atoms with Crippen LogP contribution in [0.5, 0.6) is 0 Å². The highest BCUT2D eigenvalue weighted by atomic mass is 16.5. The maximum Gasteiger partial charge on any atom is 0.333 e. The van der Waals surface area contributed by atoms with Crippen LogP contribution in [0, 0.1) is 5.41 Å². The van der Waals surface area contributed by atoms with Crippen LogP contribution in [0.3, 0.4) is 0 Å². The predicted molar refractivity (Wildman–Crippen MR) is 78.8 cm³/mol. The molecule has 4 heteroatoms. The lowest BCUT2D eigenvalue weighted by Gasteiger charge is -2.38. The van der Waals surface area contributed by atoms with Crippen LogP contribution in [-0.4, -0.2) is 47.8 Å². The number of ether oxygens (including phenoxy) is 1. The lowest BCUT2D eigenvalue weighted by molar-refractivity contribution is -0.162. The summed E-state index contributed by atoms with van der Waals surface area (Å²) in [6.07, 6.45) is 6.28. The fraction of sp³-hybridized carbons (Fsp3) is 0.938. The Kier molecular flexibility index (Phi) is 4.75. The Hall–Kier alpha value is -0.610. The van der Waals surface area contributed by atoms with Crippen molar-refractivity contribution in [2.24, 2.45) is 5.41 Å². The molecule has 2 saturated heterocycles. The first-order valence-electron chi connectivity index (χ1n) is 8.06. The third-order valence-electron chi connectivity index (χ3n) is 5.22. The summed E-state index contributed by atoms with van der Waals surface area (Å²) >= 11 is 0. The normalized spacial score (nSPS) is 28.9. The molecule has 1 unspecified atom stereocenters. The van der Waals surface area contributed by atoms with Gasteiger partial charge in [0.15, 0.2) is 6.10 Å². The minimum atomic E-state index is -0.761. The molecule has 2 aliphatic rings. The molecule has 0 aromatic rings. The van der Waals surface area contributed by atoms with Crippen LogP contribution in [0.1, 0.15) is 58.8 Å². The van der Waals surface area contributed by atoms with Crippen molar-refractivity contribution in [3.8, 4) is 0 Å². The Balaban J connectivity index is 2.23. The number of rotatable bonds is 5. The van der Waals surface area contributed by atoms with Crippen LogP contribution in [0.15, 0.2) is 0 Å². The van der Waals surface area contributed by atoms with Crippen LogP contribution in [0.2, 0.25) is 0 Å². The topological polar surface area (TPSA) is 49.8 Å². The van der Waals surface area contributed by atoms with Crippen molar-refractivity contribution in [1.29, 1.82) is 0 Å². The number of likely N-dealkylation sites (tertiary alicyclic amines) is 1. The highest BCUT2D eigenvalue weighted by molar-refractivity contribution is 5.74. The van der Waals surface area contributed by atoms with Gasteiger partial charge in [0.25, 0.3) is 0 Å². The van der Waals surface area contributed by atoms with Gasteiger partial charge in [-0.05, 0) is 39.2 Å². The van der Waals surface area contributed by atoms with Gasteiger partial charge in [0.2, 0.25) is 0 Å². The maximum absolute atomic E-state index is 11.7. The van der Waals surface area contributed by atoms with Gasteiger partial charge >= 0.3 is 5.97 Å². The van der Waals surface area contributed by atoms with Crippen molar-refractivity contribution >= 4 is 5.97 Å². The lowest BCUT2D eigenvalue weighted by atomic mass is 9.69. The Labute approximate surface area is 122 Å². The Morgan fingerprint density at radius 1 is 1.25 bits per heavy atom. The van der Waals surface area contributed by atoms with Crippen molar-refractivity contribution in [3.63, 3.8) is 0 Å². The van der Waals surface area contributed by atoms with E-state index in [1.807, 2.05) is 0 Å². The van der Waals surface area contributed by atoms with Crippen LogP contribution < -0.4 is 0 Å². The van der Waals surface area contributed by atoms with E-state index in [9.17, 15) is 9.90 Å². The molecule has 2 fully saturated rings. The van der Waals surface area contributed by atoms with E-state index in [0.717, 1.165) is 58.0 Å². The minimum Gasteiger partial charge on any atom is -0.479 e. The molecular formula is C16H29NO3. The summed E-state index contributed by atoms with van der Waals surface area (Å²) < 4.78 is 6.19. The van der Waals surface area contributed by atoms with E-state index >= 15 is 0 Å². The zero-order valence-corrected chi connectivity index (χ0v) is 13.2. The molecule has 1 atom stereocenters. The van der Waals surface area contributed by atoms with E-state index in [4.69, 9.17) is 4.74 Å². The first-order chi connectivity index (χ1) is 9.47. The molecule has 2 aliphatic heterocycles. The average molecular weight is 283 g/mol. The van der Waals surface area contributed by atoms with Gasteiger partial charge in [-0.3, -0.25) is 0 Å². The summed E-state index contributed by atoms with van der Waals surface area (Å²) in [7, 11) is 2.13. The number of hydrogen-bond acceptors (Lipinski definition) is 3. The van der Waals surface area contributed by atoms with Gasteiger partial charge in [0.05, 0.1) is 5.60 Å². The lowest BCUT2D eigenvalue weighted by Crippen LogP contribution is -2.43. The van der Waals surface area contributed by atoms with E-state index < -0.39 is 12.1 Å². The number of carboxylic acid groups (broad SMARTS) is 1. The first kappa shape index (κ1) is 15.8. The van der Waals surface area contributed by atoms with Gasteiger partial charge < -0.3 is 14.7 Å². The van der Waals surface area contributed by atoms with Crippen LogP contribution in [0.25, 0.3) is 0 Å². The van der Waals surface area contributed by atoms with E-state index in [2.05, 4.69) is 25.8 Å². The smallest absolute Gasteiger partial charge is 0.333 e. The Morgan fingerprint density at radius 2 is 1.80 bits per heavy atom. The van der Waals surface area contributed by atoms with Gasteiger partial charge in [-0.25, -0.2) is 4.79 Å². The van der Waals surface area contributed by atoms with E-state index in [-0.39, 0.29) is 11.0 Å². The van der Waals surface area contributed by atoms with Crippen molar-refractivity contribution in [1.82, 2.24) is 4.90 Å². The molecule has 0 amide bonds. The maximum atomic E-state index is 11.7. The van der Waals surface area contributed by atoms with Crippen molar-refractivity contribution < 1.29 is 14.6 Å². The third kappa shape index (κ3) is 2.86. The molecule has 4 nitrogen and oxygen atoms in total. The van der Waals surface area contributed by atoms with Crippen molar-refractivity contribution in [3.05, 3.63) is 0 Å². The predicted octanol–water partition coefficient (Wildman–Crippen LogP) is 2.91. The van der Waals surface area contributed by atoms with Gasteiger partial charge in [-0.2, -0.15) is 0 Å². The van der Waals surface area contributed by atoms with E-state index in [1.165, 1.54) is 0 Å². The molecule has 0 bridgehead atoms. The summed E-state index contributed by atoms with van der Waals surface area (Å²) in [5, 5.41) is 9.63. The van der Waals surface area contributed by atoms with Gasteiger partial charge in [0.1, 0.15) is 0 Å². The molecule has 2 rings (SSSR count). The van der Waals surface area contributed by atoms with E-state index in [0.29, 0.717) is 0 Å². The van der Waals surface area contributed by atoms with Crippen LogP contribution in [-0.2, 0) is 9.53 Å². The zero-order chi connectivity index (χ0) is 14.8. The zero-order valence-electron chi connectivity index (χ0n) is 13.2. The van der Waals surface area contributed by atoms with Gasteiger partial charge in [-0.1, -0.05) is 26.7 Å². The fourth-order valence-corrected chi connectivity index (χ4v) is 4.34. The molecule has 0 saturated carbocycles. The highest BCUT2D eigenvalue weighted by Gasteiger charge is 2.57. The SMILES string of the molecule is CCCC1(CCC)CC2(CCN(C)CC2)OC1C(=O)O. The summed E-state index contributed by atoms with van der Waals surface area (Å²) in [6, 6.07) is 0. The molecule has 20 heavy (non-hydrogen) atoms. The molecule has 2 heterocycles. The molecule has 1 N–H and O–H groups in total. The highest BCUT2D eigenvalue weighted by Crippen LogP contribution is 2.53. The fourth-order valence-electron chi connectivity index (χ4n) is 4.34. The van der Waals surface area contributed by atoms with Crippen LogP contribution in [0.4, 0.5) is 0 Å². The second-order valence-corrected chi connectivity index (χ2v) is 6.86. The summed E-state index contributed by atoms with van der Waals surface area (Å²) in [5.41, 5.74) is -0.328. The quantitative estimate of drug-likeness (QED) is 0.843. The third-order valence-corrected chi connectivity index (χ3v) is 5.22. The number of carbonyl (C=O) groups is 1. The largest absolute Gasteiger partial charge is 0.479 e. The summed E-state index contributed by atoms with van der Waals surface area (Å²) in [6.45, 7) is 6.33. The molecule has 0 aromatic heterocycles. The molecule has 0 aromatic carbocycles. The molecular weight excluding hydrogens is 254 g/mol. The number of aliphatic carboxylic acids is 1. The monoisotopic (exact) mass is 283 g/mol. The summed E-state index contributed by atoms with van der Waals surface area (Å²) in [4.78, 5) is 14.0. The number of hydrogen-bond donors (Lipinski definition) is 1. The second-order valence-electron chi connectivity index (χ2n) is 6.86. The summed E-state index contributed by atoms with van der Waals surface area (Å²) in [5.74, 6) is -0.761. The minimum absolute atomic E-state index is 0.148. The number of nitrogens with zero attached hydrogens (tertiary/aromatic N) is 1.